The van der Waals surface area contributed by atoms with Crippen molar-refractivity contribution in [2.75, 3.05) is 11.9 Å². The predicted octanol–water partition coefficient (Wildman–Crippen LogP) is 3.08. The fourth-order valence-corrected chi connectivity index (χ4v) is 2.56. The summed E-state index contributed by atoms with van der Waals surface area (Å²) in [6.45, 7) is 1.72. The van der Waals surface area contributed by atoms with Crippen LogP contribution < -0.4 is 20.5 Å². The number of pyridine rings is 2. The van der Waals surface area contributed by atoms with Crippen molar-refractivity contribution >= 4 is 17.5 Å². The number of nitrogens with zero attached hydrogens (tertiary/aromatic N) is 2. The quantitative estimate of drug-likeness (QED) is 0.570. The molecule has 0 saturated heterocycles. The first-order valence-electron chi connectivity index (χ1n) is 9.13. The van der Waals surface area contributed by atoms with Gasteiger partial charge in [0.25, 0.3) is 5.91 Å². The van der Waals surface area contributed by atoms with Gasteiger partial charge in [-0.25, -0.2) is 13.8 Å². The van der Waals surface area contributed by atoms with E-state index in [2.05, 4.69) is 15.3 Å². The van der Waals surface area contributed by atoms with Crippen LogP contribution in [0.4, 0.5) is 14.5 Å². The van der Waals surface area contributed by atoms with Crippen molar-refractivity contribution in [1.82, 2.24) is 9.97 Å². The highest BCUT2D eigenvalue weighted by Gasteiger charge is 2.17. The number of aromatic nitrogens is 2. The summed E-state index contributed by atoms with van der Waals surface area (Å²) in [5, 5.41) is 2.38. The average molecular weight is 428 g/mol. The number of carbonyl (C=O) groups is 2. The zero-order valence-electron chi connectivity index (χ0n) is 16.4. The first kappa shape index (κ1) is 21.6. The van der Waals surface area contributed by atoms with Gasteiger partial charge in [0, 0.05) is 18.5 Å². The zero-order valence-corrected chi connectivity index (χ0v) is 16.4. The number of carbonyl (C=O) groups excluding carboxylic acids is 2. The molecule has 0 unspecified atom stereocenters. The van der Waals surface area contributed by atoms with E-state index in [-0.39, 0.29) is 22.6 Å². The topological polar surface area (TPSA) is 116 Å². The van der Waals surface area contributed by atoms with Crippen LogP contribution in [-0.4, -0.2) is 28.4 Å². The van der Waals surface area contributed by atoms with E-state index in [9.17, 15) is 18.4 Å². The monoisotopic (exact) mass is 428 g/mol. The summed E-state index contributed by atoms with van der Waals surface area (Å²) in [4.78, 5) is 31.3. The smallest absolute Gasteiger partial charge is 0.257 e. The lowest BCUT2D eigenvalue weighted by Gasteiger charge is -2.12. The van der Waals surface area contributed by atoms with Gasteiger partial charge in [-0.3, -0.25) is 14.6 Å². The molecule has 0 radical (unpaired) electrons. The van der Waals surface area contributed by atoms with Crippen LogP contribution in [0.25, 0.3) is 0 Å². The van der Waals surface area contributed by atoms with Crippen molar-refractivity contribution in [1.29, 1.82) is 0 Å². The van der Waals surface area contributed by atoms with E-state index in [0.29, 0.717) is 12.5 Å². The average Bonchev–Trinajstić information content (AvgIpc) is 2.76. The number of benzene rings is 1. The molecule has 3 rings (SSSR count). The fraction of sp³-hybridized carbons (Fsp3) is 0.143. The lowest BCUT2D eigenvalue weighted by atomic mass is 10.1. The summed E-state index contributed by atoms with van der Waals surface area (Å²) in [5.74, 6) is -2.76. The number of amides is 2. The third-order valence-corrected chi connectivity index (χ3v) is 4.11. The van der Waals surface area contributed by atoms with Crippen LogP contribution in [0, 0.1) is 11.6 Å². The van der Waals surface area contributed by atoms with E-state index in [0.717, 1.165) is 12.1 Å². The number of halogens is 2. The maximum Gasteiger partial charge on any atom is 0.257 e. The van der Waals surface area contributed by atoms with Gasteiger partial charge in [0.05, 0.1) is 35.2 Å². The Morgan fingerprint density at radius 2 is 1.87 bits per heavy atom. The van der Waals surface area contributed by atoms with Crippen LogP contribution >= 0.6 is 0 Å². The van der Waals surface area contributed by atoms with E-state index in [1.807, 2.05) is 0 Å². The highest BCUT2D eigenvalue weighted by atomic mass is 19.1. The Morgan fingerprint density at radius 1 is 1.06 bits per heavy atom. The molecule has 2 heterocycles. The molecule has 0 bridgehead atoms. The number of rotatable bonds is 8. The van der Waals surface area contributed by atoms with Crippen molar-refractivity contribution in [3.63, 3.8) is 0 Å². The van der Waals surface area contributed by atoms with E-state index < -0.39 is 35.6 Å². The number of nitrogens with one attached hydrogen (secondary N) is 1. The number of hydrogen-bond donors (Lipinski definition) is 2. The highest BCUT2D eigenvalue weighted by molar-refractivity contribution is 6.04. The number of ether oxygens (including phenoxy) is 2. The Balaban J connectivity index is 1.74. The first-order chi connectivity index (χ1) is 14.9. The molecule has 160 valence electrons. The Bertz CT molecular complexity index is 1110. The molecule has 2 aromatic heterocycles. The predicted molar refractivity (Wildman–Crippen MR) is 107 cm³/mol. The van der Waals surface area contributed by atoms with Crippen LogP contribution in [0.1, 0.15) is 33.2 Å². The summed E-state index contributed by atoms with van der Waals surface area (Å²) in [5.41, 5.74) is 4.78. The van der Waals surface area contributed by atoms with Crippen molar-refractivity contribution in [3.05, 3.63) is 77.2 Å². The second kappa shape index (κ2) is 9.61. The molecule has 0 aliphatic rings. The molecule has 0 aliphatic heterocycles. The molecule has 8 nitrogen and oxygen atoms in total. The van der Waals surface area contributed by atoms with Gasteiger partial charge in [-0.05, 0) is 31.2 Å². The lowest BCUT2D eigenvalue weighted by molar-refractivity contribution is 0.0996. The molecular formula is C21H18F2N4O4. The Kier molecular flexibility index (Phi) is 6.71. The molecule has 0 saturated carbocycles. The SMILES string of the molecule is CCOc1ccc(C(=O)Nc2ccc(F)c(COc3cncc(C(N)=O)c3)c2F)cn1. The molecule has 3 aromatic rings. The van der Waals surface area contributed by atoms with Crippen LogP contribution in [0.15, 0.2) is 48.9 Å². The van der Waals surface area contributed by atoms with Crippen molar-refractivity contribution in [3.8, 4) is 11.6 Å². The van der Waals surface area contributed by atoms with Gasteiger partial charge in [0.2, 0.25) is 11.8 Å². The summed E-state index contributed by atoms with van der Waals surface area (Å²) >= 11 is 0. The van der Waals surface area contributed by atoms with Crippen molar-refractivity contribution in [2.24, 2.45) is 5.73 Å². The van der Waals surface area contributed by atoms with E-state index >= 15 is 0 Å². The summed E-state index contributed by atoms with van der Waals surface area (Å²) in [6.07, 6.45) is 3.79. The summed E-state index contributed by atoms with van der Waals surface area (Å²) in [7, 11) is 0. The molecule has 1 aromatic carbocycles. The van der Waals surface area contributed by atoms with E-state index in [4.69, 9.17) is 15.2 Å². The Hall–Kier alpha value is -4.08. The summed E-state index contributed by atoms with van der Waals surface area (Å²) in [6, 6.07) is 6.38. The second-order valence-corrected chi connectivity index (χ2v) is 6.22. The van der Waals surface area contributed by atoms with Gasteiger partial charge in [-0.15, -0.1) is 0 Å². The van der Waals surface area contributed by atoms with E-state index in [1.165, 1.54) is 36.8 Å². The molecule has 10 heteroatoms. The van der Waals surface area contributed by atoms with E-state index in [1.54, 1.807) is 6.92 Å². The minimum atomic E-state index is -0.994. The fourth-order valence-electron chi connectivity index (χ4n) is 2.56. The maximum absolute atomic E-state index is 14.8. The minimum Gasteiger partial charge on any atom is -0.487 e. The largest absolute Gasteiger partial charge is 0.487 e. The number of primary amides is 1. The van der Waals surface area contributed by atoms with Gasteiger partial charge >= 0.3 is 0 Å². The molecule has 0 atom stereocenters. The number of anilines is 1. The normalized spacial score (nSPS) is 10.4. The second-order valence-electron chi connectivity index (χ2n) is 6.22. The third kappa shape index (κ3) is 5.30. The number of hydrogen-bond acceptors (Lipinski definition) is 6. The van der Waals surface area contributed by atoms with Crippen LogP contribution in [-0.2, 0) is 6.61 Å². The standard InChI is InChI=1S/C21H18F2N4O4/c1-2-30-18-6-3-12(9-26-18)21(29)27-17-5-4-16(22)15(19(17)23)11-31-14-7-13(20(24)28)8-25-10-14/h3-10H,2,11H2,1H3,(H2,24,28)(H,27,29). The maximum atomic E-state index is 14.8. The molecular weight excluding hydrogens is 410 g/mol. The Labute approximate surface area is 176 Å². The van der Waals surface area contributed by atoms with Gasteiger partial charge in [0.1, 0.15) is 18.2 Å². The molecule has 0 fully saturated rings. The first-order valence-corrected chi connectivity index (χ1v) is 9.13. The molecule has 2 amide bonds. The highest BCUT2D eigenvalue weighted by Crippen LogP contribution is 2.24. The lowest BCUT2D eigenvalue weighted by Crippen LogP contribution is -2.15. The Morgan fingerprint density at radius 3 is 2.55 bits per heavy atom. The van der Waals surface area contributed by atoms with Gasteiger partial charge in [-0.2, -0.15) is 0 Å². The van der Waals surface area contributed by atoms with Crippen molar-refractivity contribution < 1.29 is 27.8 Å². The zero-order chi connectivity index (χ0) is 22.4. The van der Waals surface area contributed by atoms with Crippen LogP contribution in [0.5, 0.6) is 11.6 Å². The number of nitrogens with two attached hydrogens (primary N) is 1. The molecule has 31 heavy (non-hydrogen) atoms. The summed E-state index contributed by atoms with van der Waals surface area (Å²) < 4.78 is 39.5. The van der Waals surface area contributed by atoms with Crippen LogP contribution in [0.3, 0.4) is 0 Å². The molecule has 0 aliphatic carbocycles. The van der Waals surface area contributed by atoms with Gasteiger partial charge in [-0.1, -0.05) is 0 Å². The van der Waals surface area contributed by atoms with Crippen molar-refractivity contribution in [2.45, 2.75) is 13.5 Å². The van der Waals surface area contributed by atoms with Gasteiger partial charge in [0.15, 0.2) is 5.82 Å². The van der Waals surface area contributed by atoms with Crippen LogP contribution in [0.2, 0.25) is 0 Å². The molecule has 3 N–H and O–H groups in total. The third-order valence-electron chi connectivity index (χ3n) is 4.11. The van der Waals surface area contributed by atoms with Gasteiger partial charge < -0.3 is 20.5 Å². The molecule has 0 spiro atoms. The minimum absolute atomic E-state index is 0.0865.